The summed E-state index contributed by atoms with van der Waals surface area (Å²) in [4.78, 5) is 39.5. The van der Waals surface area contributed by atoms with E-state index in [9.17, 15) is 42.2 Å². The first kappa shape index (κ1) is 36.2. The lowest BCUT2D eigenvalue weighted by atomic mass is 9.87. The normalized spacial score (nSPS) is 19.3. The number of nitrogens with zero attached hydrogens (tertiary/aromatic N) is 1. The summed E-state index contributed by atoms with van der Waals surface area (Å²) in [7, 11) is 0. The van der Waals surface area contributed by atoms with Crippen LogP contribution in [0.15, 0.2) is 41.3 Å². The molecule has 1 amide bonds. The van der Waals surface area contributed by atoms with Gasteiger partial charge in [0.05, 0.1) is 18.0 Å². The fraction of sp³-hybridized carbons (Fsp3) is 0.486. The first-order valence-corrected chi connectivity index (χ1v) is 16.9. The van der Waals surface area contributed by atoms with Crippen molar-refractivity contribution >= 4 is 11.9 Å². The van der Waals surface area contributed by atoms with Crippen molar-refractivity contribution in [3.8, 4) is 11.1 Å². The summed E-state index contributed by atoms with van der Waals surface area (Å²) in [5.74, 6) is -3.31. The van der Waals surface area contributed by atoms with E-state index < -0.39 is 59.3 Å². The van der Waals surface area contributed by atoms with Crippen LogP contribution in [0.4, 0.5) is 22.0 Å². The second kappa shape index (κ2) is 15.2. The number of benzene rings is 2. The Morgan fingerprint density at radius 3 is 2.33 bits per heavy atom. The lowest BCUT2D eigenvalue weighted by Gasteiger charge is -2.26. The maximum Gasteiger partial charge on any atom is 0.416 e. The van der Waals surface area contributed by atoms with Crippen LogP contribution in [-0.2, 0) is 28.6 Å². The summed E-state index contributed by atoms with van der Waals surface area (Å²) >= 11 is 0. The van der Waals surface area contributed by atoms with Gasteiger partial charge in [-0.1, -0.05) is 25.7 Å². The number of fused-ring (bicyclic) bond motifs is 4. The highest BCUT2D eigenvalue weighted by atomic mass is 19.4. The Labute approximate surface area is 281 Å². The van der Waals surface area contributed by atoms with Crippen LogP contribution < -0.4 is 10.9 Å². The molecule has 7 nitrogen and oxygen atoms in total. The topological polar surface area (TPSA) is 109 Å². The van der Waals surface area contributed by atoms with E-state index in [0.29, 0.717) is 42.0 Å². The first-order chi connectivity index (χ1) is 23.3. The van der Waals surface area contributed by atoms with Crippen LogP contribution in [0.25, 0.3) is 11.1 Å². The van der Waals surface area contributed by atoms with Gasteiger partial charge < -0.3 is 20.1 Å². The van der Waals surface area contributed by atoms with Crippen LogP contribution in [-0.4, -0.2) is 33.3 Å². The van der Waals surface area contributed by atoms with Crippen molar-refractivity contribution < 1.29 is 41.8 Å². The van der Waals surface area contributed by atoms with Crippen molar-refractivity contribution in [1.29, 1.82) is 0 Å². The predicted octanol–water partition coefficient (Wildman–Crippen LogP) is 7.69. The smallest absolute Gasteiger partial charge is 0.416 e. The Balaban J connectivity index is 1.65. The molecule has 2 bridgehead atoms. The molecule has 0 saturated heterocycles. The van der Waals surface area contributed by atoms with Crippen LogP contribution in [0.1, 0.15) is 116 Å². The largest absolute Gasteiger partial charge is 0.481 e. The molecule has 1 aliphatic heterocycles. The molecule has 49 heavy (non-hydrogen) atoms. The summed E-state index contributed by atoms with van der Waals surface area (Å²) < 4.78 is 73.6. The van der Waals surface area contributed by atoms with Crippen LogP contribution in [0.2, 0.25) is 0 Å². The number of hydrogen-bond acceptors (Lipinski definition) is 4. The third kappa shape index (κ3) is 8.57. The Bertz CT molecular complexity index is 1770. The molecule has 2 aromatic carbocycles. The molecule has 264 valence electrons. The van der Waals surface area contributed by atoms with Gasteiger partial charge in [-0.25, -0.2) is 8.78 Å². The number of amides is 1. The number of pyridine rings is 1. The van der Waals surface area contributed by atoms with E-state index in [1.54, 1.807) is 13.0 Å². The van der Waals surface area contributed by atoms with E-state index in [0.717, 1.165) is 54.0 Å². The zero-order chi connectivity index (χ0) is 35.5. The number of aryl methyl sites for hydroxylation is 3. The molecule has 1 aromatic heterocycles. The number of rotatable bonds is 7. The molecule has 2 aliphatic rings. The number of carbonyl (C=O) groups is 2. The standard InChI is InChI=1S/C37H41F5N2O5/c1-21-14-26(38)15-23-8-5-3-2-4-6-10-31(44-20-24(9-7-13-45)29(18-32(44)46)37(40,41)42)36(49)43-30(19-33(47)48)28-17-25(34(21)23)16-27(35(28)39)22-11-12-22/h14-18,20,22,30-31,45H,2-13,19H2,1H3,(H,43,49)(H,47,48)/t30-,31-/m0/s1. The van der Waals surface area contributed by atoms with Crippen molar-refractivity contribution in [1.82, 2.24) is 9.88 Å². The number of carboxylic acid groups (broad SMARTS) is 1. The monoisotopic (exact) mass is 688 g/mol. The zero-order valence-electron chi connectivity index (χ0n) is 27.3. The summed E-state index contributed by atoms with van der Waals surface area (Å²) in [5, 5.41) is 21.9. The van der Waals surface area contributed by atoms with E-state index in [1.165, 1.54) is 18.2 Å². The molecule has 1 fully saturated rings. The maximum atomic E-state index is 16.4. The number of halogens is 5. The number of aliphatic hydroxyl groups is 1. The Kier molecular flexibility index (Phi) is 11.3. The molecule has 1 saturated carbocycles. The minimum absolute atomic E-state index is 0.00692. The Hall–Kier alpha value is -4.06. The molecule has 0 radical (unpaired) electrons. The van der Waals surface area contributed by atoms with Gasteiger partial charge in [0.2, 0.25) is 5.91 Å². The quantitative estimate of drug-likeness (QED) is 0.221. The molecule has 3 aromatic rings. The Morgan fingerprint density at radius 1 is 0.959 bits per heavy atom. The molecule has 3 N–H and O–H groups in total. The average Bonchev–Trinajstić information content (AvgIpc) is 3.86. The second-order valence-corrected chi connectivity index (χ2v) is 13.3. The fourth-order valence-corrected chi connectivity index (χ4v) is 7.01. The molecule has 12 heteroatoms. The van der Waals surface area contributed by atoms with E-state index in [4.69, 9.17) is 0 Å². The Morgan fingerprint density at radius 2 is 1.65 bits per heavy atom. The molecule has 1 aliphatic carbocycles. The van der Waals surface area contributed by atoms with Crippen molar-refractivity contribution in [2.45, 2.75) is 108 Å². The highest BCUT2D eigenvalue weighted by Crippen LogP contribution is 2.45. The number of hydrogen-bond donors (Lipinski definition) is 3. The van der Waals surface area contributed by atoms with E-state index >= 15 is 4.39 Å². The van der Waals surface area contributed by atoms with Crippen LogP contribution in [0.3, 0.4) is 0 Å². The second-order valence-electron chi connectivity index (χ2n) is 13.3. The minimum atomic E-state index is -4.84. The number of alkyl halides is 3. The molecular weight excluding hydrogens is 647 g/mol. The number of aromatic nitrogens is 1. The SMILES string of the molecule is Cc1cc(F)cc2c1-c1cc(C3CC3)c(F)c(c1)[C@H](CC(=O)O)NC(=O)[C@@H](n1cc(CCCO)c(C(F)(F)F)cc1=O)CCCCCCC2. The molecule has 2 atom stereocenters. The average molecular weight is 689 g/mol. The van der Waals surface area contributed by atoms with Crippen molar-refractivity contribution in [3.63, 3.8) is 0 Å². The van der Waals surface area contributed by atoms with Gasteiger partial charge in [-0.05, 0) is 115 Å². The van der Waals surface area contributed by atoms with E-state index in [-0.39, 0.29) is 42.9 Å². The van der Waals surface area contributed by atoms with Gasteiger partial charge in [0.25, 0.3) is 5.56 Å². The first-order valence-electron chi connectivity index (χ1n) is 16.9. The van der Waals surface area contributed by atoms with Gasteiger partial charge in [0.1, 0.15) is 17.7 Å². The maximum absolute atomic E-state index is 16.4. The lowest BCUT2D eigenvalue weighted by Crippen LogP contribution is -2.40. The number of nitrogens with one attached hydrogen (secondary N) is 1. The summed E-state index contributed by atoms with van der Waals surface area (Å²) in [5.41, 5.74) is 0.509. The summed E-state index contributed by atoms with van der Waals surface area (Å²) in [6.07, 6.45) is 0.587. The van der Waals surface area contributed by atoms with Crippen LogP contribution in [0, 0.1) is 18.6 Å². The van der Waals surface area contributed by atoms with Gasteiger partial charge >= 0.3 is 12.1 Å². The van der Waals surface area contributed by atoms with Gasteiger partial charge in [-0.15, -0.1) is 0 Å². The molecule has 0 unspecified atom stereocenters. The third-order valence-corrected chi connectivity index (χ3v) is 9.52. The van der Waals surface area contributed by atoms with Gasteiger partial charge in [0, 0.05) is 24.4 Å². The minimum Gasteiger partial charge on any atom is -0.481 e. The highest BCUT2D eigenvalue weighted by molar-refractivity contribution is 5.82. The fourth-order valence-electron chi connectivity index (χ4n) is 7.01. The van der Waals surface area contributed by atoms with Gasteiger partial charge in [-0.3, -0.25) is 14.4 Å². The van der Waals surface area contributed by atoms with Crippen LogP contribution >= 0.6 is 0 Å². The van der Waals surface area contributed by atoms with Gasteiger partial charge in [0.15, 0.2) is 0 Å². The van der Waals surface area contributed by atoms with E-state index in [1.807, 2.05) is 0 Å². The number of carboxylic acids is 1. The van der Waals surface area contributed by atoms with Crippen molar-refractivity contribution in [3.05, 3.63) is 91.9 Å². The van der Waals surface area contributed by atoms with Crippen molar-refractivity contribution in [2.24, 2.45) is 0 Å². The summed E-state index contributed by atoms with van der Waals surface area (Å²) in [6.45, 7) is 1.38. The lowest BCUT2D eigenvalue weighted by molar-refractivity contribution is -0.139. The van der Waals surface area contributed by atoms with Crippen LogP contribution in [0.5, 0.6) is 0 Å². The highest BCUT2D eigenvalue weighted by Gasteiger charge is 2.36. The molecule has 5 rings (SSSR count). The van der Waals surface area contributed by atoms with Gasteiger partial charge in [-0.2, -0.15) is 13.2 Å². The van der Waals surface area contributed by atoms with E-state index in [2.05, 4.69) is 5.32 Å². The number of carbonyl (C=O) groups excluding carboxylic acids is 1. The number of aliphatic hydroxyl groups excluding tert-OH is 1. The zero-order valence-corrected chi connectivity index (χ0v) is 27.3. The molecule has 2 heterocycles. The van der Waals surface area contributed by atoms with Crippen molar-refractivity contribution in [2.75, 3.05) is 6.61 Å². The third-order valence-electron chi connectivity index (χ3n) is 9.52. The molecular formula is C37H41F5N2O5. The predicted molar refractivity (Wildman–Crippen MR) is 173 cm³/mol. The molecule has 0 spiro atoms. The summed E-state index contributed by atoms with van der Waals surface area (Å²) in [6, 6.07) is 3.84. The number of aliphatic carboxylic acids is 1.